The van der Waals surface area contributed by atoms with Gasteiger partial charge in [-0.3, -0.25) is 4.79 Å². The number of ether oxygens (including phenoxy) is 1. The van der Waals surface area contributed by atoms with Gasteiger partial charge in [0.1, 0.15) is 5.75 Å². The van der Waals surface area contributed by atoms with Crippen LogP contribution in [0.4, 0.5) is 0 Å². The molecule has 3 N–H and O–H groups in total. The van der Waals surface area contributed by atoms with Gasteiger partial charge in [-0.25, -0.2) is 24.4 Å². The summed E-state index contributed by atoms with van der Waals surface area (Å²) in [4.78, 5) is 34.4. The van der Waals surface area contributed by atoms with Gasteiger partial charge in [-0.05, 0) is 31.0 Å². The van der Waals surface area contributed by atoms with E-state index in [4.69, 9.17) is 4.74 Å². The fraction of sp³-hybridized carbons (Fsp3) is 0.400. The van der Waals surface area contributed by atoms with Gasteiger partial charge in [0.15, 0.2) is 0 Å². The van der Waals surface area contributed by atoms with Crippen LogP contribution in [0.1, 0.15) is 25.3 Å². The minimum Gasteiger partial charge on any atom is -0.494 e. The molecule has 0 aliphatic rings. The molecule has 0 aliphatic carbocycles. The molecule has 1 heterocycles. The van der Waals surface area contributed by atoms with E-state index < -0.39 is 11.4 Å². The Morgan fingerprint density at radius 2 is 2.00 bits per heavy atom. The minimum atomic E-state index is -0.497. The maximum absolute atomic E-state index is 11.8. The molecule has 0 saturated carbocycles. The van der Waals surface area contributed by atoms with Gasteiger partial charge in [0.2, 0.25) is 5.91 Å². The van der Waals surface area contributed by atoms with Crippen molar-refractivity contribution in [1.29, 1.82) is 0 Å². The lowest BCUT2D eigenvalue weighted by atomic mass is 10.2. The van der Waals surface area contributed by atoms with Crippen LogP contribution in [0.25, 0.3) is 0 Å². The molecule has 1 aromatic heterocycles. The molecule has 0 unspecified atom stereocenters. The number of rotatable bonds is 8. The third-order valence-corrected chi connectivity index (χ3v) is 3.25. The number of nitrogens with zero attached hydrogens (tertiary/aromatic N) is 1. The predicted octanol–water partition coefficient (Wildman–Crippen LogP) is 0.360. The van der Waals surface area contributed by atoms with Crippen molar-refractivity contribution in [3.63, 3.8) is 0 Å². The van der Waals surface area contributed by atoms with Crippen molar-refractivity contribution in [2.45, 2.75) is 32.9 Å². The highest BCUT2D eigenvalue weighted by Crippen LogP contribution is 2.13. The second-order valence-electron chi connectivity index (χ2n) is 4.97. The van der Waals surface area contributed by atoms with Gasteiger partial charge in [0, 0.05) is 19.5 Å². The summed E-state index contributed by atoms with van der Waals surface area (Å²) in [5, 5.41) is 7.19. The van der Waals surface area contributed by atoms with Gasteiger partial charge in [-0.15, -0.1) is 0 Å². The molecule has 8 heteroatoms. The Hall–Kier alpha value is -2.77. The first kappa shape index (κ1) is 16.6. The molecule has 0 aliphatic heterocycles. The molecule has 2 rings (SSSR count). The standard InChI is InChI=1S/C15H20N4O4/c1-2-23-12-6-3-5-11(9-12)10-16-13(20)7-4-8-19-14(21)17-18-15(19)22/h3,5-6,9H,2,4,7-8,10H2,1H3,(H,16,20)(H,17,21)(H,18,22). The zero-order valence-corrected chi connectivity index (χ0v) is 12.9. The Bertz CT molecular complexity index is 732. The molecule has 0 fully saturated rings. The molecule has 0 bridgehead atoms. The largest absolute Gasteiger partial charge is 0.494 e. The molecule has 0 spiro atoms. The Morgan fingerprint density at radius 3 is 2.70 bits per heavy atom. The highest BCUT2D eigenvalue weighted by Gasteiger charge is 2.06. The molecule has 2 aromatic rings. The highest BCUT2D eigenvalue weighted by atomic mass is 16.5. The summed E-state index contributed by atoms with van der Waals surface area (Å²) in [7, 11) is 0. The number of aromatic nitrogens is 3. The lowest BCUT2D eigenvalue weighted by Gasteiger charge is -2.08. The maximum atomic E-state index is 11.8. The van der Waals surface area contributed by atoms with Crippen LogP contribution < -0.4 is 21.4 Å². The first-order valence-corrected chi connectivity index (χ1v) is 7.46. The lowest BCUT2D eigenvalue weighted by Crippen LogP contribution is -2.28. The van der Waals surface area contributed by atoms with E-state index in [1.807, 2.05) is 31.2 Å². The van der Waals surface area contributed by atoms with E-state index in [9.17, 15) is 14.4 Å². The van der Waals surface area contributed by atoms with Crippen molar-refractivity contribution in [3.05, 3.63) is 50.8 Å². The van der Waals surface area contributed by atoms with Crippen molar-refractivity contribution in [3.8, 4) is 5.75 Å². The summed E-state index contributed by atoms with van der Waals surface area (Å²) >= 11 is 0. The van der Waals surface area contributed by atoms with Gasteiger partial charge in [0.05, 0.1) is 6.61 Å². The van der Waals surface area contributed by atoms with Crippen LogP contribution in [0.5, 0.6) is 5.75 Å². The van der Waals surface area contributed by atoms with E-state index >= 15 is 0 Å². The number of amides is 1. The van der Waals surface area contributed by atoms with Gasteiger partial charge >= 0.3 is 11.4 Å². The van der Waals surface area contributed by atoms with Gasteiger partial charge < -0.3 is 10.1 Å². The molecule has 1 aromatic carbocycles. The topological polar surface area (TPSA) is 109 Å². The second kappa shape index (κ2) is 8.02. The predicted molar refractivity (Wildman–Crippen MR) is 84.4 cm³/mol. The zero-order valence-electron chi connectivity index (χ0n) is 12.9. The van der Waals surface area contributed by atoms with Crippen LogP contribution in [0, 0.1) is 0 Å². The molecule has 0 atom stereocenters. The van der Waals surface area contributed by atoms with Gasteiger partial charge in [-0.2, -0.15) is 0 Å². The van der Waals surface area contributed by atoms with Crippen LogP contribution >= 0.6 is 0 Å². The first-order chi connectivity index (χ1) is 11.1. The third kappa shape index (κ3) is 4.87. The molecule has 23 heavy (non-hydrogen) atoms. The van der Waals surface area contributed by atoms with Crippen LogP contribution in [0.3, 0.4) is 0 Å². The van der Waals surface area contributed by atoms with E-state index in [-0.39, 0.29) is 18.9 Å². The maximum Gasteiger partial charge on any atom is 0.344 e. The Balaban J connectivity index is 1.76. The number of hydrogen-bond acceptors (Lipinski definition) is 4. The Morgan fingerprint density at radius 1 is 1.26 bits per heavy atom. The van der Waals surface area contributed by atoms with Crippen LogP contribution in [-0.2, 0) is 17.9 Å². The smallest absolute Gasteiger partial charge is 0.344 e. The van der Waals surface area contributed by atoms with Gasteiger partial charge in [-0.1, -0.05) is 12.1 Å². The van der Waals surface area contributed by atoms with E-state index in [0.29, 0.717) is 19.6 Å². The molecule has 8 nitrogen and oxygen atoms in total. The number of aromatic amines is 2. The van der Waals surface area contributed by atoms with Crippen molar-refractivity contribution >= 4 is 5.91 Å². The number of hydrogen-bond donors (Lipinski definition) is 3. The molecule has 0 radical (unpaired) electrons. The molecule has 1 amide bonds. The van der Waals surface area contributed by atoms with E-state index in [1.165, 1.54) is 0 Å². The highest BCUT2D eigenvalue weighted by molar-refractivity contribution is 5.75. The Labute approximate surface area is 132 Å². The van der Waals surface area contributed by atoms with Crippen molar-refractivity contribution in [2.24, 2.45) is 0 Å². The lowest BCUT2D eigenvalue weighted by molar-refractivity contribution is -0.121. The first-order valence-electron chi connectivity index (χ1n) is 7.46. The average Bonchev–Trinajstić information content (AvgIpc) is 2.85. The van der Waals surface area contributed by atoms with Gasteiger partial charge in [0.25, 0.3) is 0 Å². The summed E-state index contributed by atoms with van der Waals surface area (Å²) in [5.41, 5.74) is -0.0473. The number of H-pyrrole nitrogens is 2. The normalized spacial score (nSPS) is 10.5. The van der Waals surface area contributed by atoms with Crippen molar-refractivity contribution < 1.29 is 9.53 Å². The molecule has 0 saturated heterocycles. The quantitative estimate of drug-likeness (QED) is 0.652. The molecular formula is C15H20N4O4. The van der Waals surface area contributed by atoms with E-state index in [1.54, 1.807) is 0 Å². The summed E-state index contributed by atoms with van der Waals surface area (Å²) in [6, 6.07) is 7.52. The van der Waals surface area contributed by atoms with E-state index in [2.05, 4.69) is 15.5 Å². The zero-order chi connectivity index (χ0) is 16.7. The number of benzene rings is 1. The van der Waals surface area contributed by atoms with Crippen LogP contribution in [0.2, 0.25) is 0 Å². The average molecular weight is 320 g/mol. The van der Waals surface area contributed by atoms with E-state index in [0.717, 1.165) is 15.9 Å². The number of carbonyl (C=O) groups excluding carboxylic acids is 1. The van der Waals surface area contributed by atoms with Crippen LogP contribution in [0.15, 0.2) is 33.9 Å². The Kier molecular flexibility index (Phi) is 5.79. The fourth-order valence-corrected chi connectivity index (χ4v) is 2.14. The minimum absolute atomic E-state index is 0.133. The second-order valence-corrected chi connectivity index (χ2v) is 4.97. The molecular weight excluding hydrogens is 300 g/mol. The third-order valence-electron chi connectivity index (χ3n) is 3.25. The summed E-state index contributed by atoms with van der Waals surface area (Å²) in [5.74, 6) is 0.636. The van der Waals surface area contributed by atoms with Crippen LogP contribution in [-0.4, -0.2) is 27.3 Å². The van der Waals surface area contributed by atoms with Crippen molar-refractivity contribution in [1.82, 2.24) is 20.1 Å². The number of carbonyl (C=O) groups is 1. The monoisotopic (exact) mass is 320 g/mol. The summed E-state index contributed by atoms with van der Waals surface area (Å²) in [6.07, 6.45) is 0.647. The summed E-state index contributed by atoms with van der Waals surface area (Å²) in [6.45, 7) is 3.11. The summed E-state index contributed by atoms with van der Waals surface area (Å²) < 4.78 is 6.43. The molecule has 124 valence electrons. The SMILES string of the molecule is CCOc1cccc(CNC(=O)CCCn2c(=O)[nH][nH]c2=O)c1. The fourth-order valence-electron chi connectivity index (χ4n) is 2.14. The number of nitrogens with one attached hydrogen (secondary N) is 3. The van der Waals surface area contributed by atoms with Crippen molar-refractivity contribution in [2.75, 3.05) is 6.61 Å².